The van der Waals surface area contributed by atoms with Crippen molar-refractivity contribution in [2.24, 2.45) is 23.7 Å². The monoisotopic (exact) mass is 499 g/mol. The molecule has 1 unspecified atom stereocenters. The molecule has 0 aliphatic heterocycles. The minimum Gasteiger partial charge on any atom is -0.465 e. The van der Waals surface area contributed by atoms with Crippen molar-refractivity contribution in [3.8, 4) is 0 Å². The predicted octanol–water partition coefficient (Wildman–Crippen LogP) is 5.63. The summed E-state index contributed by atoms with van der Waals surface area (Å²) in [7, 11) is 0. The summed E-state index contributed by atoms with van der Waals surface area (Å²) in [6, 6.07) is 18.0. The molecule has 6 nitrogen and oxygen atoms in total. The first-order chi connectivity index (χ1) is 17.9. The molecule has 3 N–H and O–H groups in total. The quantitative estimate of drug-likeness (QED) is 0.375. The molecule has 2 amide bonds. The van der Waals surface area contributed by atoms with Crippen molar-refractivity contribution in [3.63, 3.8) is 0 Å². The molecular formula is C31H37N3O3. The summed E-state index contributed by atoms with van der Waals surface area (Å²) < 4.78 is 0. The number of hydrogen-bond acceptors (Lipinski definition) is 2. The smallest absolute Gasteiger partial charge is 0.408 e. The lowest BCUT2D eigenvalue weighted by Gasteiger charge is -2.59. The largest absolute Gasteiger partial charge is 0.465 e. The van der Waals surface area contributed by atoms with Crippen LogP contribution in [0.3, 0.4) is 0 Å². The van der Waals surface area contributed by atoms with Crippen molar-refractivity contribution in [1.82, 2.24) is 15.2 Å². The molecule has 1 aromatic heterocycles. The van der Waals surface area contributed by atoms with Crippen LogP contribution in [0.2, 0.25) is 0 Å². The number of hydrogen-bond donors (Lipinski definition) is 3. The number of nitrogens with zero attached hydrogens (tertiary/aromatic N) is 1. The van der Waals surface area contributed by atoms with Gasteiger partial charge in [-0.1, -0.05) is 48.5 Å². The fourth-order valence-electron chi connectivity index (χ4n) is 8.06. The van der Waals surface area contributed by atoms with Crippen LogP contribution in [-0.2, 0) is 17.6 Å². The predicted molar refractivity (Wildman–Crippen MR) is 144 cm³/mol. The fraction of sp³-hybridized carbons (Fsp3) is 0.484. The van der Waals surface area contributed by atoms with Gasteiger partial charge in [0, 0.05) is 36.1 Å². The number of nitrogens with one attached hydrogen (secondary N) is 2. The Morgan fingerprint density at radius 2 is 1.62 bits per heavy atom. The van der Waals surface area contributed by atoms with Crippen LogP contribution in [0.15, 0.2) is 60.8 Å². The Morgan fingerprint density at radius 3 is 2.30 bits per heavy atom. The highest BCUT2D eigenvalue weighted by Gasteiger charge is 2.56. The summed E-state index contributed by atoms with van der Waals surface area (Å²) in [5.41, 5.74) is 1.91. The molecule has 1 heterocycles. The average molecular weight is 500 g/mol. The minimum absolute atomic E-state index is 0.0969. The van der Waals surface area contributed by atoms with E-state index in [0.717, 1.165) is 59.5 Å². The molecule has 0 radical (unpaired) electrons. The Balaban J connectivity index is 1.33. The van der Waals surface area contributed by atoms with Gasteiger partial charge in [0.25, 0.3) is 0 Å². The number of aromatic amines is 1. The van der Waals surface area contributed by atoms with Gasteiger partial charge < -0.3 is 15.4 Å². The van der Waals surface area contributed by atoms with Crippen LogP contribution >= 0.6 is 0 Å². The number of aromatic nitrogens is 1. The first-order valence-electron chi connectivity index (χ1n) is 13.8. The zero-order chi connectivity index (χ0) is 25.6. The van der Waals surface area contributed by atoms with E-state index in [1.807, 2.05) is 55.6 Å². The molecule has 37 heavy (non-hydrogen) atoms. The zero-order valence-corrected chi connectivity index (χ0v) is 21.5. The number of rotatable bonds is 8. The Bertz CT molecular complexity index is 1260. The Morgan fingerprint density at radius 1 is 0.973 bits per heavy atom. The van der Waals surface area contributed by atoms with Gasteiger partial charge in [-0.3, -0.25) is 9.69 Å². The molecule has 4 fully saturated rings. The zero-order valence-electron chi connectivity index (χ0n) is 21.5. The number of amides is 2. The lowest BCUT2D eigenvalue weighted by atomic mass is 9.53. The maximum Gasteiger partial charge on any atom is 0.408 e. The summed E-state index contributed by atoms with van der Waals surface area (Å²) in [5.74, 6) is 1.96. The van der Waals surface area contributed by atoms with Gasteiger partial charge in [0.1, 0.15) is 5.54 Å². The van der Waals surface area contributed by atoms with E-state index < -0.39 is 11.6 Å². The van der Waals surface area contributed by atoms with Crippen molar-refractivity contribution < 1.29 is 14.7 Å². The molecule has 1 atom stereocenters. The fourth-order valence-corrected chi connectivity index (χ4v) is 8.06. The summed E-state index contributed by atoms with van der Waals surface area (Å²) in [6.07, 6.45) is 7.71. The second-order valence-corrected chi connectivity index (χ2v) is 11.9. The van der Waals surface area contributed by atoms with E-state index in [0.29, 0.717) is 31.2 Å². The van der Waals surface area contributed by atoms with Crippen LogP contribution in [0.1, 0.15) is 50.2 Å². The molecule has 6 heteroatoms. The first-order valence-corrected chi connectivity index (χ1v) is 13.8. The van der Waals surface area contributed by atoms with Crippen molar-refractivity contribution in [3.05, 3.63) is 71.9 Å². The van der Waals surface area contributed by atoms with E-state index in [9.17, 15) is 14.7 Å². The number of para-hydroxylation sites is 1. The highest BCUT2D eigenvalue weighted by atomic mass is 16.4. The number of carbonyl (C=O) groups excluding carboxylic acids is 1. The average Bonchev–Trinajstić information content (AvgIpc) is 3.28. The molecule has 7 rings (SSSR count). The number of H-pyrrole nitrogens is 1. The van der Waals surface area contributed by atoms with E-state index in [1.54, 1.807) is 4.90 Å². The lowest BCUT2D eigenvalue weighted by molar-refractivity contribution is -0.140. The van der Waals surface area contributed by atoms with E-state index in [2.05, 4.69) is 22.4 Å². The number of carbonyl (C=O) groups is 2. The van der Waals surface area contributed by atoms with Crippen LogP contribution < -0.4 is 5.32 Å². The summed E-state index contributed by atoms with van der Waals surface area (Å²) >= 11 is 0. The molecule has 0 spiro atoms. The first kappa shape index (κ1) is 24.1. The van der Waals surface area contributed by atoms with E-state index in [4.69, 9.17) is 0 Å². The molecule has 3 aromatic rings. The topological polar surface area (TPSA) is 85.4 Å². The molecule has 2 aromatic carbocycles. The van der Waals surface area contributed by atoms with Crippen LogP contribution in [0.4, 0.5) is 4.79 Å². The molecule has 4 aliphatic carbocycles. The standard InChI is InChI=1S/C31H37N3O3/c1-31(18-25-19-33-27-10-6-5-9-26(25)27,29(35)32-12-11-20-7-3-2-4-8-20)34(30(36)37)28-23-14-21-13-22(16-23)17-24(28)15-21/h2-10,19,21-24,28,33H,11-18H2,1H3,(H,32,35)(H,36,37). The second kappa shape index (κ2) is 9.55. The molecule has 4 bridgehead atoms. The number of fused-ring (bicyclic) bond motifs is 1. The Hall–Kier alpha value is -3.28. The summed E-state index contributed by atoms with van der Waals surface area (Å²) in [6.45, 7) is 2.33. The normalized spacial score (nSPS) is 27.6. The van der Waals surface area contributed by atoms with Gasteiger partial charge in [-0.25, -0.2) is 4.79 Å². The van der Waals surface area contributed by atoms with Crippen molar-refractivity contribution >= 4 is 22.9 Å². The molecule has 4 saturated carbocycles. The third kappa shape index (κ3) is 4.41. The second-order valence-electron chi connectivity index (χ2n) is 11.9. The van der Waals surface area contributed by atoms with Gasteiger partial charge >= 0.3 is 6.09 Å². The third-order valence-electron chi connectivity index (χ3n) is 9.45. The molecular weight excluding hydrogens is 462 g/mol. The van der Waals surface area contributed by atoms with E-state index in [1.165, 1.54) is 6.42 Å². The molecule has 194 valence electrons. The van der Waals surface area contributed by atoms with E-state index in [-0.39, 0.29) is 11.9 Å². The van der Waals surface area contributed by atoms with Crippen LogP contribution in [-0.4, -0.2) is 45.1 Å². The van der Waals surface area contributed by atoms with Gasteiger partial charge in [0.2, 0.25) is 5.91 Å². The molecule has 0 saturated heterocycles. The highest BCUT2D eigenvalue weighted by molar-refractivity contribution is 5.91. The van der Waals surface area contributed by atoms with Gasteiger partial charge in [-0.05, 0) is 86.3 Å². The lowest BCUT2D eigenvalue weighted by Crippen LogP contribution is -2.68. The third-order valence-corrected chi connectivity index (χ3v) is 9.45. The Labute approximate surface area is 218 Å². The molecule has 4 aliphatic rings. The van der Waals surface area contributed by atoms with Crippen LogP contribution in [0.25, 0.3) is 10.9 Å². The Kier molecular flexibility index (Phi) is 6.21. The van der Waals surface area contributed by atoms with Crippen molar-refractivity contribution in [1.29, 1.82) is 0 Å². The number of benzene rings is 2. The van der Waals surface area contributed by atoms with Gasteiger partial charge in [-0.15, -0.1) is 0 Å². The maximum absolute atomic E-state index is 14.1. The van der Waals surface area contributed by atoms with E-state index >= 15 is 0 Å². The highest BCUT2D eigenvalue weighted by Crippen LogP contribution is 2.56. The van der Waals surface area contributed by atoms with Gasteiger partial charge in [0.15, 0.2) is 0 Å². The SMILES string of the molecule is CC(Cc1c[nH]c2ccccc12)(C(=O)NCCc1ccccc1)N(C(=O)O)C1C2CC3CC(C2)CC1C3. The van der Waals surface area contributed by atoms with Crippen molar-refractivity contribution in [2.45, 2.75) is 63.5 Å². The minimum atomic E-state index is -1.21. The summed E-state index contributed by atoms with van der Waals surface area (Å²) in [5, 5.41) is 14.9. The number of carboxylic acid groups (broad SMARTS) is 1. The van der Waals surface area contributed by atoms with Crippen LogP contribution in [0, 0.1) is 23.7 Å². The summed E-state index contributed by atoms with van der Waals surface area (Å²) in [4.78, 5) is 32.1. The van der Waals surface area contributed by atoms with Crippen LogP contribution in [0.5, 0.6) is 0 Å². The van der Waals surface area contributed by atoms with Gasteiger partial charge in [0.05, 0.1) is 0 Å². The maximum atomic E-state index is 14.1. The van der Waals surface area contributed by atoms with Crippen molar-refractivity contribution in [2.75, 3.05) is 6.54 Å². The van der Waals surface area contributed by atoms with Gasteiger partial charge in [-0.2, -0.15) is 0 Å².